The smallest absolute Gasteiger partial charge is 0.213 e. The Morgan fingerprint density at radius 1 is 1.10 bits per heavy atom. The quantitative estimate of drug-likeness (QED) is 0.196. The van der Waals surface area contributed by atoms with E-state index in [1.165, 1.54) is 12.8 Å². The second-order valence-electron chi connectivity index (χ2n) is 7.49. The number of hydrogen-bond acceptors (Lipinski definition) is 5. The number of hydrogen-bond donors (Lipinski definition) is 2. The van der Waals surface area contributed by atoms with Gasteiger partial charge in [-0.2, -0.15) is 0 Å². The minimum absolute atomic E-state index is 0. The number of benzene rings is 1. The summed E-state index contributed by atoms with van der Waals surface area (Å²) in [5, 5.41) is 6.69. The van der Waals surface area contributed by atoms with Crippen LogP contribution in [0.15, 0.2) is 41.5 Å². The molecular weight excluding hydrogens is 507 g/mol. The van der Waals surface area contributed by atoms with Gasteiger partial charge in [0.1, 0.15) is 12.4 Å². The molecule has 170 valence electrons. The average molecular weight is 540 g/mol. The number of guanidine groups is 1. The van der Waals surface area contributed by atoms with Crippen LogP contribution in [-0.4, -0.2) is 44.9 Å². The molecule has 0 spiro atoms. The number of aliphatic imine (C=N–C) groups is 1. The first-order chi connectivity index (χ1) is 14.7. The van der Waals surface area contributed by atoms with Crippen LogP contribution in [0.5, 0.6) is 11.6 Å². The Hall–Kier alpha value is -2.07. The fraction of sp³-hybridized carbons (Fsp3) is 0.478. The molecule has 1 fully saturated rings. The molecule has 2 aromatic rings. The van der Waals surface area contributed by atoms with Crippen LogP contribution in [0.25, 0.3) is 0 Å². The van der Waals surface area contributed by atoms with Gasteiger partial charge in [-0.25, -0.2) is 4.98 Å². The predicted molar refractivity (Wildman–Crippen MR) is 133 cm³/mol. The van der Waals surface area contributed by atoms with Crippen LogP contribution in [0.1, 0.15) is 29.5 Å². The minimum Gasteiger partial charge on any atom is -0.491 e. The van der Waals surface area contributed by atoms with Gasteiger partial charge in [-0.3, -0.25) is 4.99 Å². The van der Waals surface area contributed by atoms with Crippen molar-refractivity contribution in [1.82, 2.24) is 15.6 Å². The zero-order valence-corrected chi connectivity index (χ0v) is 20.8. The molecule has 2 N–H and O–H groups in total. The first kappa shape index (κ1) is 25.2. The maximum atomic E-state index is 5.86. The lowest BCUT2D eigenvalue weighted by molar-refractivity contribution is 0.145. The highest BCUT2D eigenvalue weighted by molar-refractivity contribution is 14.0. The van der Waals surface area contributed by atoms with E-state index in [1.54, 1.807) is 20.4 Å². The highest BCUT2D eigenvalue weighted by Gasteiger charge is 2.22. The van der Waals surface area contributed by atoms with Gasteiger partial charge in [0.15, 0.2) is 5.96 Å². The van der Waals surface area contributed by atoms with Gasteiger partial charge in [0.25, 0.3) is 0 Å². The number of rotatable bonds is 11. The summed E-state index contributed by atoms with van der Waals surface area (Å²) in [4.78, 5) is 8.61. The monoisotopic (exact) mass is 540 g/mol. The Balaban J connectivity index is 0.00000341. The molecule has 0 atom stereocenters. The molecule has 8 heteroatoms. The molecule has 1 aromatic heterocycles. The SMILES string of the molecule is CN=C(NCc1ccnc(OCC2CC2)c1)NCc1ccc(C)cc1OCCOC.I. The molecule has 1 aromatic carbocycles. The van der Waals surface area contributed by atoms with E-state index in [9.17, 15) is 0 Å². The fourth-order valence-electron chi connectivity index (χ4n) is 2.89. The molecule has 0 bridgehead atoms. The highest BCUT2D eigenvalue weighted by Crippen LogP contribution is 2.29. The van der Waals surface area contributed by atoms with Gasteiger partial charge in [-0.1, -0.05) is 12.1 Å². The number of halogens is 1. The summed E-state index contributed by atoms with van der Waals surface area (Å²) >= 11 is 0. The third-order valence-electron chi connectivity index (χ3n) is 4.86. The Kier molecular flexibility index (Phi) is 10.9. The summed E-state index contributed by atoms with van der Waals surface area (Å²) in [6.45, 7) is 5.13. The lowest BCUT2D eigenvalue weighted by Crippen LogP contribution is -2.36. The zero-order chi connectivity index (χ0) is 21.2. The molecule has 0 unspecified atom stereocenters. The van der Waals surface area contributed by atoms with Crippen LogP contribution in [0, 0.1) is 12.8 Å². The summed E-state index contributed by atoms with van der Waals surface area (Å²) < 4.78 is 16.7. The van der Waals surface area contributed by atoms with Gasteiger partial charge >= 0.3 is 0 Å². The van der Waals surface area contributed by atoms with Crippen LogP contribution in [0.2, 0.25) is 0 Å². The summed E-state index contributed by atoms with van der Waals surface area (Å²) in [6.07, 6.45) is 4.32. The van der Waals surface area contributed by atoms with Crippen molar-refractivity contribution < 1.29 is 14.2 Å². The Morgan fingerprint density at radius 2 is 1.90 bits per heavy atom. The number of aromatic nitrogens is 1. The van der Waals surface area contributed by atoms with E-state index in [1.807, 2.05) is 18.2 Å². The standard InChI is InChI=1S/C23H32N4O3.HI/c1-17-4-7-20(21(12-17)29-11-10-28-3)15-27-23(24-2)26-14-19-8-9-25-22(13-19)30-16-18-5-6-18;/h4,7-9,12-13,18H,5-6,10-11,14-16H2,1-3H3,(H2,24,26,27);1H. The van der Waals surface area contributed by atoms with E-state index in [4.69, 9.17) is 14.2 Å². The molecule has 0 amide bonds. The molecule has 7 nitrogen and oxygen atoms in total. The largest absolute Gasteiger partial charge is 0.491 e. The Bertz CT molecular complexity index is 843. The van der Waals surface area contributed by atoms with Gasteiger partial charge in [-0.05, 0) is 48.9 Å². The second kappa shape index (κ2) is 13.4. The summed E-state index contributed by atoms with van der Waals surface area (Å²) in [5.41, 5.74) is 3.32. The first-order valence-corrected chi connectivity index (χ1v) is 10.4. The van der Waals surface area contributed by atoms with Crippen LogP contribution < -0.4 is 20.1 Å². The van der Waals surface area contributed by atoms with Crippen LogP contribution in [0.4, 0.5) is 0 Å². The molecule has 1 aliphatic rings. The third kappa shape index (κ3) is 8.90. The normalized spacial score (nSPS) is 13.3. The van der Waals surface area contributed by atoms with Gasteiger partial charge in [0.2, 0.25) is 5.88 Å². The summed E-state index contributed by atoms with van der Waals surface area (Å²) in [7, 11) is 3.43. The van der Waals surface area contributed by atoms with E-state index >= 15 is 0 Å². The average Bonchev–Trinajstić information content (AvgIpc) is 3.59. The van der Waals surface area contributed by atoms with E-state index < -0.39 is 0 Å². The van der Waals surface area contributed by atoms with Crippen molar-refractivity contribution in [2.45, 2.75) is 32.9 Å². The molecule has 0 radical (unpaired) electrons. The molecule has 3 rings (SSSR count). The van der Waals surface area contributed by atoms with Gasteiger partial charge in [-0.15, -0.1) is 24.0 Å². The number of pyridine rings is 1. The van der Waals surface area contributed by atoms with Crippen LogP contribution in [-0.2, 0) is 17.8 Å². The lowest BCUT2D eigenvalue weighted by atomic mass is 10.1. The Labute approximate surface area is 202 Å². The number of aryl methyl sites for hydroxylation is 1. The number of nitrogens with zero attached hydrogens (tertiary/aromatic N) is 2. The maximum absolute atomic E-state index is 5.86. The van der Waals surface area contributed by atoms with Gasteiger partial charge < -0.3 is 24.8 Å². The van der Waals surface area contributed by atoms with Crippen molar-refractivity contribution >= 4 is 29.9 Å². The molecule has 1 saturated carbocycles. The number of nitrogens with one attached hydrogen (secondary N) is 2. The van der Waals surface area contributed by atoms with Crippen molar-refractivity contribution in [3.05, 3.63) is 53.2 Å². The van der Waals surface area contributed by atoms with E-state index in [2.05, 4.69) is 39.7 Å². The van der Waals surface area contributed by atoms with Gasteiger partial charge in [0, 0.05) is 45.1 Å². The van der Waals surface area contributed by atoms with Crippen molar-refractivity contribution in [3.63, 3.8) is 0 Å². The first-order valence-electron chi connectivity index (χ1n) is 10.4. The molecular formula is C23H33IN4O3. The minimum atomic E-state index is 0. The number of ether oxygens (including phenoxy) is 3. The lowest BCUT2D eigenvalue weighted by Gasteiger charge is -2.15. The third-order valence-corrected chi connectivity index (χ3v) is 4.86. The van der Waals surface area contributed by atoms with Crippen LogP contribution >= 0.6 is 24.0 Å². The molecule has 0 saturated heterocycles. The zero-order valence-electron chi connectivity index (χ0n) is 18.5. The summed E-state index contributed by atoms with van der Waals surface area (Å²) in [5.74, 6) is 2.97. The number of methoxy groups -OCH3 is 1. The Morgan fingerprint density at radius 3 is 2.65 bits per heavy atom. The predicted octanol–water partition coefficient (Wildman–Crippen LogP) is 3.69. The fourth-order valence-corrected chi connectivity index (χ4v) is 2.89. The highest BCUT2D eigenvalue weighted by atomic mass is 127. The second-order valence-corrected chi connectivity index (χ2v) is 7.49. The molecule has 0 aliphatic heterocycles. The summed E-state index contributed by atoms with van der Waals surface area (Å²) in [6, 6.07) is 10.2. The van der Waals surface area contributed by atoms with E-state index in [0.717, 1.165) is 35.0 Å². The molecule has 31 heavy (non-hydrogen) atoms. The van der Waals surface area contributed by atoms with E-state index in [0.29, 0.717) is 38.1 Å². The van der Waals surface area contributed by atoms with Crippen molar-refractivity contribution in [1.29, 1.82) is 0 Å². The van der Waals surface area contributed by atoms with E-state index in [-0.39, 0.29) is 24.0 Å². The van der Waals surface area contributed by atoms with Crippen LogP contribution in [0.3, 0.4) is 0 Å². The molecule has 1 aliphatic carbocycles. The van der Waals surface area contributed by atoms with Crippen molar-refractivity contribution in [3.8, 4) is 11.6 Å². The maximum Gasteiger partial charge on any atom is 0.213 e. The molecule has 1 heterocycles. The topological polar surface area (TPSA) is 77.0 Å². The van der Waals surface area contributed by atoms with Gasteiger partial charge in [0.05, 0.1) is 13.2 Å². The van der Waals surface area contributed by atoms with Crippen molar-refractivity contribution in [2.75, 3.05) is 34.0 Å². The van der Waals surface area contributed by atoms with Crippen molar-refractivity contribution in [2.24, 2.45) is 10.9 Å².